The number of anilines is 1. The molecule has 11 heteroatoms. The Morgan fingerprint density at radius 1 is 1.00 bits per heavy atom. The Balaban J connectivity index is 1.76. The van der Waals surface area contributed by atoms with Crippen LogP contribution in [0.5, 0.6) is 11.5 Å². The molecule has 188 valence electrons. The molecule has 0 amide bonds. The van der Waals surface area contributed by atoms with E-state index in [1.54, 1.807) is 18.2 Å². The Kier molecular flexibility index (Phi) is 6.91. The van der Waals surface area contributed by atoms with Crippen molar-refractivity contribution in [1.29, 1.82) is 0 Å². The summed E-state index contributed by atoms with van der Waals surface area (Å²) >= 11 is 0. The molecule has 1 fully saturated rings. The second kappa shape index (κ2) is 9.74. The van der Waals surface area contributed by atoms with Crippen LogP contribution < -0.4 is 21.1 Å². The summed E-state index contributed by atoms with van der Waals surface area (Å²) in [6.07, 6.45) is -0.831. The maximum Gasteiger partial charge on any atom is 0.416 e. The molecule has 35 heavy (non-hydrogen) atoms. The molecule has 4 rings (SSSR count). The van der Waals surface area contributed by atoms with Gasteiger partial charge in [-0.2, -0.15) is 18.2 Å². The van der Waals surface area contributed by atoms with Gasteiger partial charge in [0.05, 0.1) is 11.1 Å². The molecule has 0 radical (unpaired) electrons. The van der Waals surface area contributed by atoms with Crippen LogP contribution in [0.25, 0.3) is 0 Å². The first kappa shape index (κ1) is 24.8. The molecule has 2 aromatic carbocycles. The van der Waals surface area contributed by atoms with Gasteiger partial charge in [0.15, 0.2) is 6.29 Å². The van der Waals surface area contributed by atoms with Crippen LogP contribution in [0.15, 0.2) is 52.4 Å². The van der Waals surface area contributed by atoms with Crippen LogP contribution in [0.3, 0.4) is 0 Å². The molecule has 0 atom stereocenters. The molecule has 1 spiro atoms. The van der Waals surface area contributed by atoms with E-state index in [9.17, 15) is 13.2 Å². The molecule has 0 unspecified atom stereocenters. The number of nitrogens with two attached hydrogens (primary N) is 2. The molecule has 1 heterocycles. The molecular formula is C24H28F3N5O3. The minimum atomic E-state index is -4.49. The summed E-state index contributed by atoms with van der Waals surface area (Å²) in [6, 6.07) is 9.82. The monoisotopic (exact) mass is 491 g/mol. The topological polar surface area (TPSA) is 108 Å². The molecule has 1 aliphatic heterocycles. The van der Waals surface area contributed by atoms with Crippen LogP contribution in [0, 0.1) is 0 Å². The highest BCUT2D eigenvalue weighted by atomic mass is 19.4. The number of hydrogen-bond acceptors (Lipinski definition) is 8. The van der Waals surface area contributed by atoms with E-state index in [1.807, 2.05) is 4.90 Å². The Morgan fingerprint density at radius 3 is 2.37 bits per heavy atom. The molecular weight excluding hydrogens is 463 g/mol. The van der Waals surface area contributed by atoms with Crippen molar-refractivity contribution in [3.8, 4) is 11.5 Å². The zero-order valence-corrected chi connectivity index (χ0v) is 19.5. The summed E-state index contributed by atoms with van der Waals surface area (Å²) in [5.74, 6) is 0.648. The van der Waals surface area contributed by atoms with Crippen molar-refractivity contribution in [2.45, 2.75) is 50.2 Å². The van der Waals surface area contributed by atoms with Crippen molar-refractivity contribution >= 4 is 17.6 Å². The maximum absolute atomic E-state index is 13.2. The van der Waals surface area contributed by atoms with Gasteiger partial charge in [0.25, 0.3) is 0 Å². The molecule has 2 aliphatic rings. The van der Waals surface area contributed by atoms with Gasteiger partial charge in [-0.3, -0.25) is 4.90 Å². The van der Waals surface area contributed by atoms with Crippen LogP contribution in [-0.2, 0) is 15.7 Å². The number of methoxy groups -OCH3 is 2. The normalized spacial score (nSPS) is 17.9. The Hall–Kier alpha value is -3.31. The molecule has 0 bridgehead atoms. The smallest absolute Gasteiger partial charge is 0.416 e. The number of halogens is 3. The second-order valence-corrected chi connectivity index (χ2v) is 8.47. The van der Waals surface area contributed by atoms with Crippen molar-refractivity contribution in [2.75, 3.05) is 19.1 Å². The van der Waals surface area contributed by atoms with Crippen LogP contribution in [-0.4, -0.2) is 31.8 Å². The van der Waals surface area contributed by atoms with Gasteiger partial charge in [-0.15, -0.1) is 0 Å². The number of hydrogen-bond donors (Lipinski definition) is 2. The summed E-state index contributed by atoms with van der Waals surface area (Å²) in [7, 11) is 2.92. The van der Waals surface area contributed by atoms with E-state index in [1.165, 1.54) is 26.4 Å². The van der Waals surface area contributed by atoms with Crippen LogP contribution in [0.4, 0.5) is 18.9 Å². The third kappa shape index (κ3) is 5.06. The van der Waals surface area contributed by atoms with Crippen molar-refractivity contribution in [3.05, 3.63) is 53.6 Å². The van der Waals surface area contributed by atoms with Crippen LogP contribution >= 0.6 is 0 Å². The highest BCUT2D eigenvalue weighted by Crippen LogP contribution is 2.42. The highest BCUT2D eigenvalue weighted by molar-refractivity contribution is 6.05. The van der Waals surface area contributed by atoms with Gasteiger partial charge in [-0.25, -0.2) is 4.99 Å². The second-order valence-electron chi connectivity index (χ2n) is 8.47. The number of aliphatic imine (C=N–C) groups is 2. The summed E-state index contributed by atoms with van der Waals surface area (Å²) < 4.78 is 56.3. The fourth-order valence-corrected chi connectivity index (χ4v) is 4.66. The number of alkyl halides is 3. The lowest BCUT2D eigenvalue weighted by Gasteiger charge is -2.45. The van der Waals surface area contributed by atoms with E-state index in [2.05, 4.69) is 9.98 Å². The van der Waals surface area contributed by atoms with Crippen molar-refractivity contribution in [3.63, 3.8) is 0 Å². The predicted molar refractivity (Wildman–Crippen MR) is 126 cm³/mol. The molecule has 1 saturated carbocycles. The van der Waals surface area contributed by atoms with Gasteiger partial charge in [0.2, 0.25) is 11.9 Å². The van der Waals surface area contributed by atoms with Gasteiger partial charge < -0.3 is 25.7 Å². The summed E-state index contributed by atoms with van der Waals surface area (Å²) in [4.78, 5) is 10.7. The fourth-order valence-electron chi connectivity index (χ4n) is 4.66. The summed E-state index contributed by atoms with van der Waals surface area (Å²) in [6.45, 7) is 0. The summed E-state index contributed by atoms with van der Waals surface area (Å²) in [5, 5.41) is 0. The standard InChI is InChI=1S/C24H28F3N5O3/c1-33-20(34-2)18-14-16(32-22(29)30-21(28)31-23(32)11-4-3-5-12-23)9-10-19(18)35-17-8-6-7-15(13-17)24(25,26)27/h6-10,13-14,20H,3-5,11-12H2,1-2H3,(H4,28,29,30,31). The van der Waals surface area contributed by atoms with Gasteiger partial charge in [-0.1, -0.05) is 12.5 Å². The lowest BCUT2D eigenvalue weighted by atomic mass is 9.87. The van der Waals surface area contributed by atoms with Gasteiger partial charge in [0.1, 0.15) is 17.2 Å². The van der Waals surface area contributed by atoms with E-state index in [0.717, 1.165) is 44.2 Å². The molecule has 2 aromatic rings. The number of nitrogens with zero attached hydrogens (tertiary/aromatic N) is 3. The largest absolute Gasteiger partial charge is 0.457 e. The Bertz CT molecular complexity index is 1130. The molecule has 0 saturated heterocycles. The quantitative estimate of drug-likeness (QED) is 0.557. The van der Waals surface area contributed by atoms with Gasteiger partial charge in [0, 0.05) is 19.9 Å². The first-order valence-corrected chi connectivity index (χ1v) is 11.2. The number of guanidine groups is 2. The third-order valence-electron chi connectivity index (χ3n) is 6.17. The molecule has 0 aromatic heterocycles. The van der Waals surface area contributed by atoms with Gasteiger partial charge >= 0.3 is 6.18 Å². The minimum Gasteiger partial charge on any atom is -0.457 e. The van der Waals surface area contributed by atoms with E-state index in [-0.39, 0.29) is 23.4 Å². The number of benzene rings is 2. The molecule has 1 aliphatic carbocycles. The highest BCUT2D eigenvalue weighted by Gasteiger charge is 2.43. The Morgan fingerprint density at radius 2 is 1.71 bits per heavy atom. The average molecular weight is 492 g/mol. The zero-order chi connectivity index (χ0) is 25.2. The van der Waals surface area contributed by atoms with Gasteiger partial charge in [-0.05, 0) is 62.1 Å². The Labute approximate surface area is 201 Å². The van der Waals surface area contributed by atoms with E-state index < -0.39 is 23.7 Å². The third-order valence-corrected chi connectivity index (χ3v) is 6.17. The van der Waals surface area contributed by atoms with E-state index in [4.69, 9.17) is 25.7 Å². The average Bonchev–Trinajstić information content (AvgIpc) is 2.81. The molecule has 8 nitrogen and oxygen atoms in total. The first-order valence-electron chi connectivity index (χ1n) is 11.2. The van der Waals surface area contributed by atoms with E-state index in [0.29, 0.717) is 11.3 Å². The first-order chi connectivity index (χ1) is 16.7. The summed E-state index contributed by atoms with van der Waals surface area (Å²) in [5.41, 5.74) is 11.9. The van der Waals surface area contributed by atoms with E-state index >= 15 is 0 Å². The number of rotatable bonds is 6. The van der Waals surface area contributed by atoms with Crippen molar-refractivity contribution < 1.29 is 27.4 Å². The van der Waals surface area contributed by atoms with Crippen LogP contribution in [0.1, 0.15) is 49.5 Å². The fraction of sp³-hybridized carbons (Fsp3) is 0.417. The number of ether oxygens (including phenoxy) is 3. The molecule has 4 N–H and O–H groups in total. The SMILES string of the molecule is COC(OC)c1cc(N2C(N)=NC(N)=NC23CCCCC3)ccc1Oc1cccc(C(F)(F)F)c1. The lowest BCUT2D eigenvalue weighted by Crippen LogP contribution is -2.58. The lowest BCUT2D eigenvalue weighted by molar-refractivity contribution is -0.137. The maximum atomic E-state index is 13.2. The van der Waals surface area contributed by atoms with Crippen LogP contribution in [0.2, 0.25) is 0 Å². The minimum absolute atomic E-state index is 0.0277. The van der Waals surface area contributed by atoms with Crippen molar-refractivity contribution in [1.82, 2.24) is 0 Å². The van der Waals surface area contributed by atoms with Crippen molar-refractivity contribution in [2.24, 2.45) is 21.5 Å². The predicted octanol–water partition coefficient (Wildman–Crippen LogP) is 4.90. The zero-order valence-electron chi connectivity index (χ0n) is 19.5.